The van der Waals surface area contributed by atoms with Gasteiger partial charge in [-0.1, -0.05) is 13.8 Å². The van der Waals surface area contributed by atoms with Crippen molar-refractivity contribution >= 4 is 11.7 Å². The van der Waals surface area contributed by atoms with Crippen LogP contribution in [-0.2, 0) is 0 Å². The van der Waals surface area contributed by atoms with Crippen LogP contribution in [0.4, 0.5) is 23.2 Å². The predicted molar refractivity (Wildman–Crippen MR) is 49.0 cm³/mol. The van der Waals surface area contributed by atoms with Crippen LogP contribution in [0.1, 0.15) is 24.2 Å². The maximum absolute atomic E-state index is 12.7. The number of rotatable bonds is 1. The van der Waals surface area contributed by atoms with Crippen LogP contribution in [0.15, 0.2) is 0 Å². The molecule has 0 radical (unpaired) electrons. The molecule has 7 heteroatoms. The number of carboxylic acids is 1. The first kappa shape index (κ1) is 14.2. The number of hydrogen-bond acceptors (Lipinski definition) is 2. The van der Waals surface area contributed by atoms with Gasteiger partial charge < -0.3 is 10.8 Å². The number of carbonyl (C=O) groups is 1. The maximum Gasteiger partial charge on any atom is 0.341 e. The van der Waals surface area contributed by atoms with Gasteiger partial charge >= 0.3 is 5.97 Å². The molecule has 0 unspecified atom stereocenters. The number of anilines is 1. The van der Waals surface area contributed by atoms with Crippen LogP contribution in [0.2, 0.25) is 0 Å². The van der Waals surface area contributed by atoms with Gasteiger partial charge in [-0.05, 0) is 0 Å². The molecule has 0 aliphatic heterocycles. The van der Waals surface area contributed by atoms with Gasteiger partial charge in [-0.15, -0.1) is 0 Å². The van der Waals surface area contributed by atoms with Crippen LogP contribution >= 0.6 is 0 Å². The lowest BCUT2D eigenvalue weighted by molar-refractivity contribution is 0.0691. The second-order valence-corrected chi connectivity index (χ2v) is 2.35. The molecule has 0 amide bonds. The first-order chi connectivity index (χ1) is 7.37. The molecule has 1 rings (SSSR count). The largest absolute Gasteiger partial charge is 0.478 e. The summed E-state index contributed by atoms with van der Waals surface area (Å²) in [6, 6.07) is 0. The Morgan fingerprint density at radius 1 is 1.00 bits per heavy atom. The van der Waals surface area contributed by atoms with Crippen molar-refractivity contribution in [1.82, 2.24) is 0 Å². The Bertz CT molecular complexity index is 391. The molecular weight excluding hydrogens is 230 g/mol. The molecule has 16 heavy (non-hydrogen) atoms. The van der Waals surface area contributed by atoms with E-state index in [1.807, 2.05) is 13.8 Å². The number of hydrogen-bond donors (Lipinski definition) is 2. The molecule has 0 fully saturated rings. The molecule has 1 aromatic carbocycles. The molecule has 0 aliphatic rings. The van der Waals surface area contributed by atoms with E-state index in [9.17, 15) is 22.4 Å². The van der Waals surface area contributed by atoms with Gasteiger partial charge in [0.15, 0.2) is 23.3 Å². The summed E-state index contributed by atoms with van der Waals surface area (Å²) in [5.74, 6) is -10.2. The van der Waals surface area contributed by atoms with E-state index in [4.69, 9.17) is 10.8 Å². The van der Waals surface area contributed by atoms with Gasteiger partial charge in [-0.3, -0.25) is 0 Å². The Labute approximate surface area is 88.5 Å². The van der Waals surface area contributed by atoms with Crippen molar-refractivity contribution in [2.45, 2.75) is 13.8 Å². The summed E-state index contributed by atoms with van der Waals surface area (Å²) in [6.45, 7) is 4.00. The first-order valence-electron chi connectivity index (χ1n) is 4.22. The molecule has 0 aromatic heterocycles. The lowest BCUT2D eigenvalue weighted by atomic mass is 10.1. The normalized spacial score (nSPS) is 9.38. The molecule has 90 valence electrons. The van der Waals surface area contributed by atoms with Crippen molar-refractivity contribution in [3.05, 3.63) is 28.8 Å². The number of aromatic carboxylic acids is 1. The summed E-state index contributed by atoms with van der Waals surface area (Å²) in [4.78, 5) is 10.3. The fraction of sp³-hybridized carbons (Fsp3) is 0.222. The molecule has 0 bridgehead atoms. The molecule has 3 N–H and O–H groups in total. The number of benzene rings is 1. The van der Waals surface area contributed by atoms with Crippen LogP contribution in [0, 0.1) is 23.3 Å². The minimum absolute atomic E-state index is 1.27. The Morgan fingerprint density at radius 3 is 1.75 bits per heavy atom. The van der Waals surface area contributed by atoms with E-state index >= 15 is 0 Å². The zero-order chi connectivity index (χ0) is 13.0. The monoisotopic (exact) mass is 239 g/mol. The van der Waals surface area contributed by atoms with E-state index in [0.29, 0.717) is 0 Å². The van der Waals surface area contributed by atoms with Crippen molar-refractivity contribution < 1.29 is 27.5 Å². The molecule has 0 heterocycles. The highest BCUT2D eigenvalue weighted by molar-refractivity contribution is 5.94. The number of nitrogens with two attached hydrogens (primary N) is 1. The highest BCUT2D eigenvalue weighted by atomic mass is 19.2. The van der Waals surface area contributed by atoms with Crippen molar-refractivity contribution in [1.29, 1.82) is 0 Å². The lowest BCUT2D eigenvalue weighted by Crippen LogP contribution is -2.12. The van der Waals surface area contributed by atoms with Crippen LogP contribution in [-0.4, -0.2) is 11.1 Å². The van der Waals surface area contributed by atoms with E-state index in [0.717, 1.165) is 0 Å². The maximum atomic E-state index is 12.7. The second-order valence-electron chi connectivity index (χ2n) is 2.35. The summed E-state index contributed by atoms with van der Waals surface area (Å²) < 4.78 is 50.3. The fourth-order valence-electron chi connectivity index (χ4n) is 0.858. The second kappa shape index (κ2) is 5.34. The third kappa shape index (κ3) is 2.23. The summed E-state index contributed by atoms with van der Waals surface area (Å²) in [5, 5.41) is 8.31. The van der Waals surface area contributed by atoms with Gasteiger partial charge in [0.2, 0.25) is 0 Å². The number of nitrogen functional groups attached to an aromatic ring is 1. The highest BCUT2D eigenvalue weighted by Gasteiger charge is 2.27. The van der Waals surface area contributed by atoms with Crippen LogP contribution < -0.4 is 5.73 Å². The van der Waals surface area contributed by atoms with Crippen molar-refractivity contribution in [3.63, 3.8) is 0 Å². The fourth-order valence-corrected chi connectivity index (χ4v) is 0.858. The SMILES string of the molecule is CC.Nc1c(F)c(F)c(F)c(F)c1C(=O)O. The molecule has 0 saturated carbocycles. The number of halogens is 4. The molecule has 0 spiro atoms. The van der Waals surface area contributed by atoms with Crippen molar-refractivity contribution in [2.75, 3.05) is 5.73 Å². The third-order valence-electron chi connectivity index (χ3n) is 1.52. The van der Waals surface area contributed by atoms with Crippen LogP contribution in [0.3, 0.4) is 0 Å². The summed E-state index contributed by atoms with van der Waals surface area (Å²) >= 11 is 0. The van der Waals surface area contributed by atoms with E-state index in [-0.39, 0.29) is 0 Å². The van der Waals surface area contributed by atoms with Crippen molar-refractivity contribution in [2.24, 2.45) is 0 Å². The standard InChI is InChI=1S/C7H3F4NO2.C2H6/c8-2-1(7(13)14)6(12)5(11)4(10)3(2)9;1-2/h12H2,(H,13,14);1-2H3. The summed E-state index contributed by atoms with van der Waals surface area (Å²) in [6.07, 6.45) is 0. The Morgan fingerprint density at radius 2 is 1.38 bits per heavy atom. The number of carboxylic acid groups (broad SMARTS) is 1. The van der Waals surface area contributed by atoms with E-state index in [1.54, 1.807) is 0 Å². The molecule has 1 aromatic rings. The zero-order valence-corrected chi connectivity index (χ0v) is 8.44. The topological polar surface area (TPSA) is 63.3 Å². The third-order valence-corrected chi connectivity index (χ3v) is 1.52. The zero-order valence-electron chi connectivity index (χ0n) is 8.44. The molecule has 0 aliphatic carbocycles. The Hall–Kier alpha value is -1.79. The average Bonchev–Trinajstić information content (AvgIpc) is 2.26. The van der Waals surface area contributed by atoms with E-state index in [2.05, 4.69) is 0 Å². The van der Waals surface area contributed by atoms with Crippen LogP contribution in [0.25, 0.3) is 0 Å². The predicted octanol–water partition coefficient (Wildman–Crippen LogP) is 2.55. The van der Waals surface area contributed by atoms with Gasteiger partial charge in [0.25, 0.3) is 0 Å². The highest BCUT2D eigenvalue weighted by Crippen LogP contribution is 2.25. The molecule has 0 saturated heterocycles. The first-order valence-corrected chi connectivity index (χ1v) is 4.22. The van der Waals surface area contributed by atoms with E-state index < -0.39 is 40.5 Å². The van der Waals surface area contributed by atoms with Gasteiger partial charge in [-0.25, -0.2) is 22.4 Å². The van der Waals surface area contributed by atoms with Gasteiger partial charge in [0.1, 0.15) is 5.56 Å². The molecular formula is C9H9F4NO2. The quantitative estimate of drug-likeness (QED) is 0.342. The van der Waals surface area contributed by atoms with Gasteiger partial charge in [0.05, 0.1) is 5.69 Å². The minimum Gasteiger partial charge on any atom is -0.478 e. The average molecular weight is 239 g/mol. The Balaban J connectivity index is 0.00000106. The molecule has 0 atom stereocenters. The lowest BCUT2D eigenvalue weighted by Gasteiger charge is -2.05. The van der Waals surface area contributed by atoms with E-state index in [1.165, 1.54) is 0 Å². The Kier molecular flexibility index (Phi) is 4.74. The smallest absolute Gasteiger partial charge is 0.341 e. The minimum atomic E-state index is -2.20. The van der Waals surface area contributed by atoms with Gasteiger partial charge in [0, 0.05) is 0 Å². The van der Waals surface area contributed by atoms with Gasteiger partial charge in [-0.2, -0.15) is 0 Å². The summed E-state index contributed by atoms with van der Waals surface area (Å²) in [7, 11) is 0. The van der Waals surface area contributed by atoms with Crippen LogP contribution in [0.5, 0.6) is 0 Å². The summed E-state index contributed by atoms with van der Waals surface area (Å²) in [5.41, 5.74) is 2.07. The molecule has 3 nitrogen and oxygen atoms in total. The van der Waals surface area contributed by atoms with Crippen molar-refractivity contribution in [3.8, 4) is 0 Å².